The third-order valence-electron chi connectivity index (χ3n) is 4.41. The number of para-hydroxylation sites is 1. The van der Waals surface area contributed by atoms with Gasteiger partial charge in [-0.1, -0.05) is 18.2 Å². The van der Waals surface area contributed by atoms with Crippen LogP contribution in [0.3, 0.4) is 0 Å². The summed E-state index contributed by atoms with van der Waals surface area (Å²) in [5.41, 5.74) is -1.31. The van der Waals surface area contributed by atoms with Crippen LogP contribution in [0.5, 0.6) is 11.5 Å². The van der Waals surface area contributed by atoms with Crippen LogP contribution in [0.4, 0.5) is 5.69 Å². The number of aromatic nitrogens is 2. The fourth-order valence-electron chi connectivity index (χ4n) is 2.97. The van der Waals surface area contributed by atoms with E-state index in [-0.39, 0.29) is 28.3 Å². The van der Waals surface area contributed by atoms with Gasteiger partial charge < -0.3 is 19.3 Å². The van der Waals surface area contributed by atoms with Gasteiger partial charge in [-0.15, -0.1) is 0 Å². The zero-order chi connectivity index (χ0) is 22.7. The summed E-state index contributed by atoms with van der Waals surface area (Å²) in [6.45, 7) is 0. The van der Waals surface area contributed by atoms with E-state index in [1.807, 2.05) is 0 Å². The SMILES string of the molecule is COC(=O)c1c(-c2cc(OC)cc([N+](=O)[O-])c2O)nn(-c2ccccc2)c1C(=O)OC. The number of carbonyl (C=O) groups excluding carboxylic acids is 2. The maximum atomic E-state index is 12.6. The largest absolute Gasteiger partial charge is 0.502 e. The zero-order valence-electron chi connectivity index (χ0n) is 16.7. The Labute approximate surface area is 175 Å². The number of aromatic hydroxyl groups is 1. The second kappa shape index (κ2) is 8.53. The second-order valence-electron chi connectivity index (χ2n) is 6.10. The Balaban J connectivity index is 2.45. The number of ether oxygens (including phenoxy) is 3. The first-order valence-electron chi connectivity index (χ1n) is 8.74. The van der Waals surface area contributed by atoms with Crippen molar-refractivity contribution in [2.45, 2.75) is 0 Å². The fourth-order valence-corrected chi connectivity index (χ4v) is 2.97. The lowest BCUT2D eigenvalue weighted by atomic mass is 10.0. The van der Waals surface area contributed by atoms with Gasteiger partial charge in [0.25, 0.3) is 0 Å². The van der Waals surface area contributed by atoms with Crippen LogP contribution in [0.1, 0.15) is 20.8 Å². The molecule has 1 aromatic heterocycles. The van der Waals surface area contributed by atoms with E-state index in [0.29, 0.717) is 5.69 Å². The van der Waals surface area contributed by atoms with E-state index in [1.54, 1.807) is 30.3 Å². The lowest BCUT2D eigenvalue weighted by Crippen LogP contribution is -2.15. The lowest BCUT2D eigenvalue weighted by Gasteiger charge is -2.08. The van der Waals surface area contributed by atoms with Gasteiger partial charge in [0, 0.05) is 0 Å². The van der Waals surface area contributed by atoms with Crippen molar-refractivity contribution in [3.63, 3.8) is 0 Å². The highest BCUT2D eigenvalue weighted by Gasteiger charge is 2.34. The molecule has 0 fully saturated rings. The van der Waals surface area contributed by atoms with Crippen LogP contribution < -0.4 is 4.74 Å². The first kappa shape index (κ1) is 21.3. The molecule has 0 aliphatic heterocycles. The molecule has 0 saturated carbocycles. The van der Waals surface area contributed by atoms with Crippen molar-refractivity contribution in [2.24, 2.45) is 0 Å². The van der Waals surface area contributed by atoms with E-state index >= 15 is 0 Å². The first-order chi connectivity index (χ1) is 14.8. The van der Waals surface area contributed by atoms with Gasteiger partial charge in [0.05, 0.1) is 43.6 Å². The van der Waals surface area contributed by atoms with E-state index < -0.39 is 28.3 Å². The van der Waals surface area contributed by atoms with Crippen LogP contribution in [0.15, 0.2) is 42.5 Å². The fraction of sp³-hybridized carbons (Fsp3) is 0.150. The van der Waals surface area contributed by atoms with Crippen LogP contribution in [-0.2, 0) is 9.47 Å². The third-order valence-corrected chi connectivity index (χ3v) is 4.41. The van der Waals surface area contributed by atoms with Crippen molar-refractivity contribution in [3.8, 4) is 28.4 Å². The molecule has 1 heterocycles. The standard InChI is InChI=1S/C20H17N3O8/c1-29-12-9-13(18(24)14(10-12)23(27)28)16-15(19(25)30-2)17(20(26)31-3)22(21-16)11-7-5-4-6-8-11/h4-10,24H,1-3H3. The van der Waals surface area contributed by atoms with Crippen LogP contribution >= 0.6 is 0 Å². The Bertz CT molecular complexity index is 1170. The van der Waals surface area contributed by atoms with Crippen LogP contribution in [0.25, 0.3) is 16.9 Å². The molecule has 3 rings (SSSR count). The average Bonchev–Trinajstić information content (AvgIpc) is 3.19. The number of nitrogens with zero attached hydrogens (tertiary/aromatic N) is 3. The summed E-state index contributed by atoms with van der Waals surface area (Å²) in [6.07, 6.45) is 0. The number of hydrogen-bond donors (Lipinski definition) is 1. The van der Waals surface area contributed by atoms with Crippen LogP contribution in [-0.4, -0.2) is 53.1 Å². The number of nitro groups is 1. The smallest absolute Gasteiger partial charge is 0.357 e. The normalized spacial score (nSPS) is 10.4. The highest BCUT2D eigenvalue weighted by atomic mass is 16.6. The van der Waals surface area contributed by atoms with Crippen molar-refractivity contribution in [1.82, 2.24) is 9.78 Å². The number of rotatable bonds is 6. The molecule has 3 aromatic rings. The summed E-state index contributed by atoms with van der Waals surface area (Å²) in [5.74, 6) is -2.59. The molecule has 0 amide bonds. The van der Waals surface area contributed by atoms with Crippen molar-refractivity contribution < 1.29 is 33.8 Å². The maximum absolute atomic E-state index is 12.6. The highest BCUT2D eigenvalue weighted by Crippen LogP contribution is 2.42. The first-order valence-corrected chi connectivity index (χ1v) is 8.74. The molecule has 0 unspecified atom stereocenters. The molecule has 0 spiro atoms. The van der Waals surface area contributed by atoms with E-state index in [4.69, 9.17) is 14.2 Å². The Morgan fingerprint density at radius 1 is 1.06 bits per heavy atom. The topological polar surface area (TPSA) is 143 Å². The summed E-state index contributed by atoms with van der Waals surface area (Å²) in [4.78, 5) is 35.8. The molecule has 160 valence electrons. The highest BCUT2D eigenvalue weighted by molar-refractivity contribution is 6.07. The minimum Gasteiger partial charge on any atom is -0.502 e. The van der Waals surface area contributed by atoms with E-state index in [1.165, 1.54) is 13.2 Å². The van der Waals surface area contributed by atoms with Gasteiger partial charge >= 0.3 is 17.6 Å². The van der Waals surface area contributed by atoms with Gasteiger partial charge in [0.15, 0.2) is 5.69 Å². The summed E-state index contributed by atoms with van der Waals surface area (Å²) in [6, 6.07) is 10.6. The maximum Gasteiger partial charge on any atom is 0.357 e. The van der Waals surface area contributed by atoms with Crippen molar-refractivity contribution >= 4 is 17.6 Å². The predicted molar refractivity (Wildman–Crippen MR) is 107 cm³/mol. The number of esters is 2. The lowest BCUT2D eigenvalue weighted by molar-refractivity contribution is -0.385. The Hall–Kier alpha value is -4.41. The van der Waals surface area contributed by atoms with E-state index in [2.05, 4.69) is 5.10 Å². The average molecular weight is 427 g/mol. The minimum atomic E-state index is -0.956. The predicted octanol–water partition coefficient (Wildman–Crippen LogP) is 2.73. The zero-order valence-corrected chi connectivity index (χ0v) is 16.7. The number of nitro benzene ring substituents is 1. The second-order valence-corrected chi connectivity index (χ2v) is 6.10. The molecule has 0 bridgehead atoms. The molecule has 11 heteroatoms. The van der Waals surface area contributed by atoms with Gasteiger partial charge in [-0.25, -0.2) is 14.3 Å². The molecule has 0 saturated heterocycles. The van der Waals surface area contributed by atoms with Gasteiger partial charge in [-0.3, -0.25) is 10.1 Å². The van der Waals surface area contributed by atoms with Crippen LogP contribution in [0.2, 0.25) is 0 Å². The van der Waals surface area contributed by atoms with Crippen molar-refractivity contribution in [1.29, 1.82) is 0 Å². The van der Waals surface area contributed by atoms with E-state index in [9.17, 15) is 24.8 Å². The quantitative estimate of drug-likeness (QED) is 0.357. The summed E-state index contributed by atoms with van der Waals surface area (Å²) >= 11 is 0. The molecular formula is C20H17N3O8. The number of phenols is 1. The number of hydrogen-bond acceptors (Lipinski definition) is 9. The molecule has 2 aromatic carbocycles. The Morgan fingerprint density at radius 2 is 1.71 bits per heavy atom. The summed E-state index contributed by atoms with van der Waals surface area (Å²) in [7, 11) is 3.50. The molecule has 1 N–H and O–H groups in total. The number of methoxy groups -OCH3 is 3. The molecule has 0 aliphatic rings. The van der Waals surface area contributed by atoms with Crippen molar-refractivity contribution in [3.05, 3.63) is 63.8 Å². The molecular weight excluding hydrogens is 410 g/mol. The number of phenolic OH excluding ortho intramolecular Hbond substituents is 1. The molecule has 31 heavy (non-hydrogen) atoms. The minimum absolute atomic E-state index is 0.0317. The van der Waals surface area contributed by atoms with Gasteiger partial charge in [0.2, 0.25) is 5.75 Å². The molecule has 0 atom stereocenters. The van der Waals surface area contributed by atoms with E-state index in [0.717, 1.165) is 25.0 Å². The number of carbonyl (C=O) groups is 2. The summed E-state index contributed by atoms with van der Waals surface area (Å²) in [5, 5.41) is 26.3. The number of benzene rings is 2. The van der Waals surface area contributed by atoms with Gasteiger partial charge in [-0.2, -0.15) is 5.10 Å². The summed E-state index contributed by atoms with van der Waals surface area (Å²) < 4.78 is 15.8. The van der Waals surface area contributed by atoms with Gasteiger partial charge in [0.1, 0.15) is 17.0 Å². The Kier molecular flexibility index (Phi) is 5.86. The van der Waals surface area contributed by atoms with Gasteiger partial charge in [-0.05, 0) is 18.2 Å². The Morgan fingerprint density at radius 3 is 2.26 bits per heavy atom. The van der Waals surface area contributed by atoms with Crippen LogP contribution in [0, 0.1) is 10.1 Å². The molecule has 11 nitrogen and oxygen atoms in total. The van der Waals surface area contributed by atoms with Crippen molar-refractivity contribution in [2.75, 3.05) is 21.3 Å². The molecule has 0 radical (unpaired) electrons. The molecule has 0 aliphatic carbocycles. The monoisotopic (exact) mass is 427 g/mol. The third kappa shape index (κ3) is 3.75.